The number of hydrogen-bond acceptors (Lipinski definition) is 7. The zero-order valence-electron chi connectivity index (χ0n) is 21.9. The number of likely N-dealkylation sites (tertiary alicyclic amines) is 1. The van der Waals surface area contributed by atoms with Crippen LogP contribution in [-0.2, 0) is 9.59 Å². The van der Waals surface area contributed by atoms with Crippen LogP contribution in [0.5, 0.6) is 17.2 Å². The zero-order valence-corrected chi connectivity index (χ0v) is 21.9. The molecule has 1 aliphatic rings. The van der Waals surface area contributed by atoms with Gasteiger partial charge in [0.15, 0.2) is 0 Å². The second-order valence-corrected chi connectivity index (χ2v) is 8.82. The fourth-order valence-corrected chi connectivity index (χ4v) is 4.39. The Labute approximate surface area is 213 Å². The monoisotopic (exact) mass is 496 g/mol. The summed E-state index contributed by atoms with van der Waals surface area (Å²) in [5.41, 5.74) is 1.05. The van der Waals surface area contributed by atoms with Gasteiger partial charge in [0.25, 0.3) is 11.7 Å². The molecule has 0 aliphatic carbocycles. The summed E-state index contributed by atoms with van der Waals surface area (Å²) in [4.78, 5) is 30.3. The van der Waals surface area contributed by atoms with E-state index >= 15 is 0 Å². The Morgan fingerprint density at radius 3 is 2.19 bits per heavy atom. The van der Waals surface area contributed by atoms with Crippen LogP contribution in [0.3, 0.4) is 0 Å². The predicted octanol–water partition coefficient (Wildman–Crippen LogP) is 4.25. The van der Waals surface area contributed by atoms with Crippen molar-refractivity contribution < 1.29 is 28.9 Å². The fourth-order valence-electron chi connectivity index (χ4n) is 4.39. The summed E-state index contributed by atoms with van der Waals surface area (Å²) in [6.45, 7) is 10.5. The molecule has 0 saturated carbocycles. The van der Waals surface area contributed by atoms with Crippen LogP contribution < -0.4 is 14.2 Å². The molecule has 0 unspecified atom stereocenters. The highest BCUT2D eigenvalue weighted by atomic mass is 16.5. The number of amides is 1. The number of ketones is 1. The second kappa shape index (κ2) is 11.9. The Hall–Kier alpha value is -3.52. The van der Waals surface area contributed by atoms with Gasteiger partial charge in [-0.15, -0.1) is 0 Å². The van der Waals surface area contributed by atoms with Crippen molar-refractivity contribution in [1.29, 1.82) is 0 Å². The van der Waals surface area contributed by atoms with Crippen molar-refractivity contribution in [1.82, 2.24) is 9.80 Å². The largest absolute Gasteiger partial charge is 0.507 e. The summed E-state index contributed by atoms with van der Waals surface area (Å²) in [6, 6.07) is 11.2. The molecule has 8 nitrogen and oxygen atoms in total. The van der Waals surface area contributed by atoms with E-state index in [1.54, 1.807) is 49.6 Å². The molecule has 0 radical (unpaired) electrons. The summed E-state index contributed by atoms with van der Waals surface area (Å²) < 4.78 is 16.6. The smallest absolute Gasteiger partial charge is 0.295 e. The minimum atomic E-state index is -0.812. The van der Waals surface area contributed by atoms with Crippen LogP contribution in [-0.4, -0.2) is 73.1 Å². The Bertz CT molecular complexity index is 1110. The molecule has 1 fully saturated rings. The number of carbonyl (C=O) groups excluding carboxylic acids is 2. The summed E-state index contributed by atoms with van der Waals surface area (Å²) in [6.07, 6.45) is 0.00288. The lowest BCUT2D eigenvalue weighted by atomic mass is 9.94. The minimum absolute atomic E-state index is 0.00288. The molecule has 8 heteroatoms. The number of aliphatic hydroxyl groups excluding tert-OH is 1. The molecule has 3 rings (SSSR count). The van der Waals surface area contributed by atoms with Gasteiger partial charge in [-0.25, -0.2) is 0 Å². The first-order valence-corrected chi connectivity index (χ1v) is 12.2. The zero-order chi connectivity index (χ0) is 26.4. The molecule has 1 aliphatic heterocycles. The summed E-state index contributed by atoms with van der Waals surface area (Å²) in [7, 11) is 3.07. The number of nitrogens with zero attached hydrogens (tertiary/aromatic N) is 2. The van der Waals surface area contributed by atoms with E-state index in [1.807, 2.05) is 27.7 Å². The molecule has 1 N–H and O–H groups in total. The van der Waals surface area contributed by atoms with E-state index in [9.17, 15) is 14.7 Å². The normalized spacial score (nSPS) is 17.2. The standard InChI is InChI=1S/C28H36N2O6/c1-7-29(8-2)15-16-30-25(22-14-13-21(34-5)17-23(22)35-6)24(27(32)28(30)33)26(31)19-9-11-20(12-10-19)36-18(3)4/h9-14,17-18,25,31H,7-8,15-16H2,1-6H3/t25-/m0/s1. The van der Waals surface area contributed by atoms with Crippen LogP contribution in [0.25, 0.3) is 5.76 Å². The topological polar surface area (TPSA) is 88.5 Å². The van der Waals surface area contributed by atoms with E-state index in [0.717, 1.165) is 13.1 Å². The third-order valence-electron chi connectivity index (χ3n) is 6.33. The maximum atomic E-state index is 13.3. The van der Waals surface area contributed by atoms with E-state index in [0.29, 0.717) is 41.5 Å². The van der Waals surface area contributed by atoms with Crippen LogP contribution in [0.1, 0.15) is 44.9 Å². The predicted molar refractivity (Wildman–Crippen MR) is 139 cm³/mol. The van der Waals surface area contributed by atoms with Crippen LogP contribution in [0.2, 0.25) is 0 Å². The van der Waals surface area contributed by atoms with Gasteiger partial charge in [-0.05, 0) is 63.3 Å². The van der Waals surface area contributed by atoms with E-state index < -0.39 is 17.7 Å². The minimum Gasteiger partial charge on any atom is -0.507 e. The second-order valence-electron chi connectivity index (χ2n) is 8.82. The van der Waals surface area contributed by atoms with Gasteiger partial charge in [-0.1, -0.05) is 13.8 Å². The molecule has 1 amide bonds. The molecule has 1 atom stereocenters. The van der Waals surface area contributed by atoms with Gasteiger partial charge in [0.2, 0.25) is 0 Å². The molecular weight excluding hydrogens is 460 g/mol. The van der Waals surface area contributed by atoms with Crippen molar-refractivity contribution in [3.63, 3.8) is 0 Å². The number of aliphatic hydroxyl groups is 1. The Balaban J connectivity index is 2.13. The summed E-state index contributed by atoms with van der Waals surface area (Å²) in [5, 5.41) is 11.3. The first kappa shape index (κ1) is 27.1. The number of carbonyl (C=O) groups is 2. The third kappa shape index (κ3) is 5.65. The van der Waals surface area contributed by atoms with Gasteiger partial charge in [-0.3, -0.25) is 9.59 Å². The van der Waals surface area contributed by atoms with Gasteiger partial charge >= 0.3 is 0 Å². The quantitative estimate of drug-likeness (QED) is 0.283. The molecule has 36 heavy (non-hydrogen) atoms. The van der Waals surface area contributed by atoms with Crippen molar-refractivity contribution in [2.24, 2.45) is 0 Å². The molecule has 0 aromatic heterocycles. The number of rotatable bonds is 11. The molecule has 1 heterocycles. The van der Waals surface area contributed by atoms with E-state index in [-0.39, 0.29) is 17.4 Å². The third-order valence-corrected chi connectivity index (χ3v) is 6.33. The molecule has 2 aromatic carbocycles. The van der Waals surface area contributed by atoms with Gasteiger partial charge in [0.05, 0.1) is 31.9 Å². The van der Waals surface area contributed by atoms with Crippen LogP contribution >= 0.6 is 0 Å². The lowest BCUT2D eigenvalue weighted by Crippen LogP contribution is -2.38. The number of hydrogen-bond donors (Lipinski definition) is 1. The molecule has 0 bridgehead atoms. The SMILES string of the molecule is CCN(CC)CCN1C(=O)C(=O)C(=C(O)c2ccc(OC(C)C)cc2)[C@@H]1c1ccc(OC)cc1OC. The van der Waals surface area contributed by atoms with Gasteiger partial charge in [-0.2, -0.15) is 0 Å². The van der Waals surface area contributed by atoms with Crippen molar-refractivity contribution >= 4 is 17.4 Å². The van der Waals surface area contributed by atoms with Crippen LogP contribution in [0.4, 0.5) is 0 Å². The summed E-state index contributed by atoms with van der Waals surface area (Å²) >= 11 is 0. The van der Waals surface area contributed by atoms with Crippen LogP contribution in [0, 0.1) is 0 Å². The van der Waals surface area contributed by atoms with E-state index in [1.165, 1.54) is 12.0 Å². The van der Waals surface area contributed by atoms with Crippen molar-refractivity contribution in [3.8, 4) is 17.2 Å². The van der Waals surface area contributed by atoms with Crippen molar-refractivity contribution in [2.75, 3.05) is 40.4 Å². The van der Waals surface area contributed by atoms with Gasteiger partial charge < -0.3 is 29.1 Å². The van der Waals surface area contributed by atoms with Crippen molar-refractivity contribution in [3.05, 3.63) is 59.2 Å². The lowest BCUT2D eigenvalue weighted by molar-refractivity contribution is -0.140. The first-order chi connectivity index (χ1) is 17.2. The molecular formula is C28H36N2O6. The molecule has 2 aromatic rings. The number of likely N-dealkylation sites (N-methyl/N-ethyl adjacent to an activating group) is 1. The maximum absolute atomic E-state index is 13.3. The van der Waals surface area contributed by atoms with Crippen molar-refractivity contribution in [2.45, 2.75) is 39.8 Å². The fraction of sp³-hybridized carbons (Fsp3) is 0.429. The van der Waals surface area contributed by atoms with E-state index in [4.69, 9.17) is 14.2 Å². The highest BCUT2D eigenvalue weighted by Crippen LogP contribution is 2.43. The Morgan fingerprint density at radius 2 is 1.64 bits per heavy atom. The first-order valence-electron chi connectivity index (χ1n) is 12.2. The number of Topliss-reactive ketones (excluding diaryl/α,β-unsaturated/α-hetero) is 1. The highest BCUT2D eigenvalue weighted by molar-refractivity contribution is 6.46. The van der Waals surface area contributed by atoms with Gasteiger partial charge in [0, 0.05) is 30.3 Å². The highest BCUT2D eigenvalue weighted by Gasteiger charge is 2.47. The average molecular weight is 497 g/mol. The molecule has 0 spiro atoms. The molecule has 1 saturated heterocycles. The number of ether oxygens (including phenoxy) is 3. The summed E-state index contributed by atoms with van der Waals surface area (Å²) in [5.74, 6) is 0.0770. The average Bonchev–Trinajstić information content (AvgIpc) is 3.13. The lowest BCUT2D eigenvalue weighted by Gasteiger charge is -2.29. The van der Waals surface area contributed by atoms with E-state index in [2.05, 4.69) is 4.90 Å². The number of methoxy groups -OCH3 is 2. The Kier molecular flexibility index (Phi) is 8.98. The Morgan fingerprint density at radius 1 is 1.00 bits per heavy atom. The number of benzene rings is 2. The van der Waals surface area contributed by atoms with Crippen LogP contribution in [0.15, 0.2) is 48.0 Å². The molecule has 194 valence electrons. The maximum Gasteiger partial charge on any atom is 0.295 e. The van der Waals surface area contributed by atoms with Gasteiger partial charge in [0.1, 0.15) is 23.0 Å².